The van der Waals surface area contributed by atoms with Gasteiger partial charge in [0, 0.05) is 27.3 Å². The number of allylic oxidation sites excluding steroid dienone is 1. The molecule has 0 aliphatic heterocycles. The van der Waals surface area contributed by atoms with E-state index in [0.717, 1.165) is 21.6 Å². The summed E-state index contributed by atoms with van der Waals surface area (Å²) in [6.45, 7) is 1.78. The molecule has 8 heteroatoms. The number of nitriles is 1. The number of pyridine rings is 1. The van der Waals surface area contributed by atoms with E-state index in [4.69, 9.17) is 9.72 Å². The molecule has 0 fully saturated rings. The Morgan fingerprint density at radius 3 is 2.37 bits per heavy atom. The minimum atomic E-state index is -0.565. The van der Waals surface area contributed by atoms with Gasteiger partial charge in [0.2, 0.25) is 5.91 Å². The second-order valence-corrected chi connectivity index (χ2v) is 11.8. The van der Waals surface area contributed by atoms with E-state index >= 15 is 0 Å². The van der Waals surface area contributed by atoms with Gasteiger partial charge in [-0.3, -0.25) is 9.59 Å². The van der Waals surface area contributed by atoms with E-state index < -0.39 is 5.25 Å². The molecule has 2 aromatic heterocycles. The summed E-state index contributed by atoms with van der Waals surface area (Å²) in [7, 11) is 1.61. The molecule has 1 atom stereocenters. The molecule has 212 valence electrons. The number of anilines is 1. The highest BCUT2D eigenvalue weighted by Crippen LogP contribution is 2.36. The molecule has 0 bridgehead atoms. The number of nitrogens with one attached hydrogen (secondary N) is 1. The number of nitrogens with zero attached hydrogens (tertiary/aromatic N) is 2. The van der Waals surface area contributed by atoms with Crippen LogP contribution >= 0.6 is 23.1 Å². The van der Waals surface area contributed by atoms with Gasteiger partial charge in [-0.25, -0.2) is 4.98 Å². The largest absolute Gasteiger partial charge is 0.497 e. The van der Waals surface area contributed by atoms with Crippen molar-refractivity contribution in [2.24, 2.45) is 0 Å². The fraction of sp³-hybridized carbons (Fsp3) is 0.0857. The first-order chi connectivity index (χ1) is 20.9. The lowest BCUT2D eigenvalue weighted by molar-refractivity contribution is -0.115. The normalized spacial score (nSPS) is 11.6. The number of ketones is 1. The monoisotopic (exact) mass is 601 g/mol. The molecular formula is C35H27N3O3S2. The Bertz CT molecular complexity index is 1790. The Morgan fingerprint density at radius 2 is 1.72 bits per heavy atom. The van der Waals surface area contributed by atoms with Crippen LogP contribution in [0, 0.1) is 11.3 Å². The molecule has 0 radical (unpaired) electrons. The summed E-state index contributed by atoms with van der Waals surface area (Å²) >= 11 is 2.79. The van der Waals surface area contributed by atoms with Gasteiger partial charge < -0.3 is 10.1 Å². The topological polar surface area (TPSA) is 92.1 Å². The number of methoxy groups -OCH3 is 1. The zero-order valence-corrected chi connectivity index (χ0v) is 25.1. The number of thioether (sulfide) groups is 1. The van der Waals surface area contributed by atoms with Crippen molar-refractivity contribution in [3.8, 4) is 34.2 Å². The van der Waals surface area contributed by atoms with Crippen molar-refractivity contribution < 1.29 is 14.3 Å². The number of hydrogen-bond acceptors (Lipinski definition) is 7. The van der Waals surface area contributed by atoms with Gasteiger partial charge in [0.25, 0.3) is 0 Å². The van der Waals surface area contributed by atoms with E-state index in [0.29, 0.717) is 33.3 Å². The number of carbonyl (C=O) groups is 2. The third-order valence-electron chi connectivity index (χ3n) is 6.61. The number of carbonyl (C=O) groups excluding carboxylic acids is 2. The van der Waals surface area contributed by atoms with Crippen molar-refractivity contribution in [3.63, 3.8) is 0 Å². The summed E-state index contributed by atoms with van der Waals surface area (Å²) in [6, 6.07) is 32.1. The first-order valence-corrected chi connectivity index (χ1v) is 15.2. The molecule has 0 saturated heterocycles. The quantitative estimate of drug-likeness (QED) is 0.0982. The highest BCUT2D eigenvalue weighted by atomic mass is 32.2. The van der Waals surface area contributed by atoms with Crippen LogP contribution in [-0.4, -0.2) is 29.0 Å². The second-order valence-electron chi connectivity index (χ2n) is 9.48. The standard InChI is InChI=1S/C35H27N3O3S2/c1-23(34(40)37-27-14-10-26(11-15-27)33(39)19-18-29-9-6-20-42-29)43-35-31(22-36)30(24-12-16-28(41-2)17-13-24)21-32(38-35)25-7-4-3-5-8-25/h3-21,23H,1-2H3,(H,37,40). The molecule has 0 aliphatic carbocycles. The lowest BCUT2D eigenvalue weighted by Crippen LogP contribution is -2.22. The highest BCUT2D eigenvalue weighted by Gasteiger charge is 2.22. The minimum absolute atomic E-state index is 0.115. The van der Waals surface area contributed by atoms with Crippen molar-refractivity contribution in [2.75, 3.05) is 12.4 Å². The van der Waals surface area contributed by atoms with Gasteiger partial charge in [0.1, 0.15) is 16.8 Å². The third-order valence-corrected chi connectivity index (χ3v) is 8.53. The molecule has 6 nitrogen and oxygen atoms in total. The molecule has 2 heterocycles. The number of hydrogen-bond donors (Lipinski definition) is 1. The zero-order valence-electron chi connectivity index (χ0n) is 23.5. The van der Waals surface area contributed by atoms with Crippen LogP contribution in [0.3, 0.4) is 0 Å². The fourth-order valence-electron chi connectivity index (χ4n) is 4.29. The zero-order chi connectivity index (χ0) is 30.2. The Morgan fingerprint density at radius 1 is 0.977 bits per heavy atom. The number of rotatable bonds is 10. The molecule has 3 aromatic carbocycles. The molecule has 0 aliphatic rings. The van der Waals surface area contributed by atoms with Crippen molar-refractivity contribution in [1.82, 2.24) is 4.98 Å². The van der Waals surface area contributed by atoms with Gasteiger partial charge >= 0.3 is 0 Å². The number of thiophene rings is 1. The molecule has 0 spiro atoms. The summed E-state index contributed by atoms with van der Waals surface area (Å²) in [5.74, 6) is 0.353. The molecule has 0 saturated carbocycles. The van der Waals surface area contributed by atoms with E-state index in [-0.39, 0.29) is 11.7 Å². The van der Waals surface area contributed by atoms with Gasteiger partial charge in [-0.15, -0.1) is 11.3 Å². The van der Waals surface area contributed by atoms with E-state index in [2.05, 4.69) is 11.4 Å². The molecule has 43 heavy (non-hydrogen) atoms. The third kappa shape index (κ3) is 7.28. The van der Waals surface area contributed by atoms with Gasteiger partial charge in [0.15, 0.2) is 5.78 Å². The number of benzene rings is 3. The van der Waals surface area contributed by atoms with Crippen LogP contribution in [0.15, 0.2) is 114 Å². The Labute approximate surface area is 258 Å². The van der Waals surface area contributed by atoms with Gasteiger partial charge in [-0.2, -0.15) is 5.26 Å². The molecule has 5 aromatic rings. The lowest BCUT2D eigenvalue weighted by atomic mass is 9.99. The van der Waals surface area contributed by atoms with Crippen LogP contribution in [0.1, 0.15) is 27.7 Å². The maximum absolute atomic E-state index is 13.2. The minimum Gasteiger partial charge on any atom is -0.497 e. The predicted molar refractivity (Wildman–Crippen MR) is 174 cm³/mol. The predicted octanol–water partition coefficient (Wildman–Crippen LogP) is 8.37. The van der Waals surface area contributed by atoms with Crippen molar-refractivity contribution >= 4 is 46.6 Å². The Kier molecular flexibility index (Phi) is 9.47. The first kappa shape index (κ1) is 29.5. The van der Waals surface area contributed by atoms with Crippen LogP contribution in [0.25, 0.3) is 28.5 Å². The fourth-order valence-corrected chi connectivity index (χ4v) is 5.84. The average Bonchev–Trinajstić information content (AvgIpc) is 3.58. The Hall–Kier alpha value is -4.97. The lowest BCUT2D eigenvalue weighted by Gasteiger charge is -2.16. The van der Waals surface area contributed by atoms with Crippen LogP contribution < -0.4 is 10.1 Å². The van der Waals surface area contributed by atoms with E-state index in [1.165, 1.54) is 11.8 Å². The molecule has 1 unspecified atom stereocenters. The number of ether oxygens (including phenoxy) is 1. The summed E-state index contributed by atoms with van der Waals surface area (Å²) < 4.78 is 5.30. The maximum Gasteiger partial charge on any atom is 0.237 e. The number of aromatic nitrogens is 1. The molecular weight excluding hydrogens is 575 g/mol. The molecule has 1 amide bonds. The van der Waals surface area contributed by atoms with Crippen molar-refractivity contribution in [2.45, 2.75) is 17.2 Å². The highest BCUT2D eigenvalue weighted by molar-refractivity contribution is 8.00. The molecule has 1 N–H and O–H groups in total. The first-order valence-electron chi connectivity index (χ1n) is 13.4. The van der Waals surface area contributed by atoms with E-state index in [1.54, 1.807) is 61.8 Å². The van der Waals surface area contributed by atoms with Gasteiger partial charge in [-0.1, -0.05) is 60.3 Å². The van der Waals surface area contributed by atoms with Crippen LogP contribution in [0.5, 0.6) is 5.75 Å². The van der Waals surface area contributed by atoms with Crippen LogP contribution in [0.2, 0.25) is 0 Å². The van der Waals surface area contributed by atoms with Crippen molar-refractivity contribution in [3.05, 3.63) is 125 Å². The number of amides is 1. The summed E-state index contributed by atoms with van der Waals surface area (Å²) in [5.41, 5.74) is 4.67. The van der Waals surface area contributed by atoms with Gasteiger partial charge in [-0.05, 0) is 78.6 Å². The Balaban J connectivity index is 1.36. The average molecular weight is 602 g/mol. The smallest absolute Gasteiger partial charge is 0.237 e. The van der Waals surface area contributed by atoms with Crippen molar-refractivity contribution in [1.29, 1.82) is 5.26 Å². The summed E-state index contributed by atoms with van der Waals surface area (Å²) in [4.78, 5) is 31.6. The second kappa shape index (κ2) is 13.8. The van der Waals surface area contributed by atoms with Gasteiger partial charge in [0.05, 0.1) is 23.6 Å². The SMILES string of the molecule is COc1ccc(-c2cc(-c3ccccc3)nc(SC(C)C(=O)Nc3ccc(C(=O)C=Cc4cccs4)cc3)c2C#N)cc1. The summed E-state index contributed by atoms with van der Waals surface area (Å²) in [5, 5.41) is 15.0. The van der Waals surface area contributed by atoms with E-state index in [9.17, 15) is 14.9 Å². The summed E-state index contributed by atoms with van der Waals surface area (Å²) in [6.07, 6.45) is 3.33. The van der Waals surface area contributed by atoms with Crippen LogP contribution in [0.4, 0.5) is 5.69 Å². The van der Waals surface area contributed by atoms with E-state index in [1.807, 2.05) is 78.2 Å². The maximum atomic E-state index is 13.2. The molecule has 5 rings (SSSR count). The van der Waals surface area contributed by atoms with Crippen LogP contribution in [-0.2, 0) is 4.79 Å².